The minimum atomic E-state index is -3.22. The maximum Gasteiger partial charge on any atom is 0.348 e. The van der Waals surface area contributed by atoms with Gasteiger partial charge in [-0.05, 0) is 44.7 Å². The lowest BCUT2D eigenvalue weighted by molar-refractivity contribution is -0.137. The Morgan fingerprint density at radius 3 is 2.80 bits per heavy atom. The van der Waals surface area contributed by atoms with Crippen molar-refractivity contribution < 1.29 is 22.7 Å². The predicted molar refractivity (Wildman–Crippen MR) is 96.2 cm³/mol. The number of hydrogen-bond donors (Lipinski definition) is 1. The smallest absolute Gasteiger partial charge is 0.348 e. The molecular weight excluding hydrogens is 364 g/mol. The van der Waals surface area contributed by atoms with Crippen LogP contribution in [0.25, 0.3) is 0 Å². The second kappa shape index (κ2) is 8.77. The van der Waals surface area contributed by atoms with Crippen molar-refractivity contribution >= 4 is 33.2 Å². The van der Waals surface area contributed by atoms with Crippen LogP contribution < -0.4 is 4.72 Å². The average Bonchev–Trinajstić information content (AvgIpc) is 3.00. The number of piperidine rings is 1. The van der Waals surface area contributed by atoms with Gasteiger partial charge in [0.1, 0.15) is 4.88 Å². The highest BCUT2D eigenvalue weighted by molar-refractivity contribution is 7.88. The molecule has 1 saturated heterocycles. The number of sulfonamides is 1. The first-order chi connectivity index (χ1) is 11.8. The summed E-state index contributed by atoms with van der Waals surface area (Å²) < 4.78 is 29.6. The Balaban J connectivity index is 1.80. The van der Waals surface area contributed by atoms with Gasteiger partial charge >= 0.3 is 5.97 Å². The quantitative estimate of drug-likeness (QED) is 0.713. The van der Waals surface area contributed by atoms with E-state index in [4.69, 9.17) is 4.74 Å². The van der Waals surface area contributed by atoms with Crippen LogP contribution in [0.4, 0.5) is 0 Å². The molecule has 1 aliphatic heterocycles. The number of likely N-dealkylation sites (tertiary alicyclic amines) is 1. The normalized spacial score (nSPS) is 18.2. The number of nitrogens with zero attached hydrogens (tertiary/aromatic N) is 1. The fraction of sp³-hybridized carbons (Fsp3) is 0.625. The largest absolute Gasteiger partial charge is 0.451 e. The van der Waals surface area contributed by atoms with Crippen molar-refractivity contribution in [2.24, 2.45) is 0 Å². The molecular formula is C16H24N2O5S2. The van der Waals surface area contributed by atoms with Crippen LogP contribution in [-0.4, -0.2) is 57.2 Å². The highest BCUT2D eigenvalue weighted by Crippen LogP contribution is 2.19. The van der Waals surface area contributed by atoms with Gasteiger partial charge in [0.05, 0.1) is 6.26 Å². The zero-order valence-corrected chi connectivity index (χ0v) is 16.1. The van der Waals surface area contributed by atoms with Crippen LogP contribution in [0.15, 0.2) is 12.1 Å². The number of nitrogens with one attached hydrogen (secondary N) is 1. The van der Waals surface area contributed by atoms with Crippen LogP contribution in [-0.2, 0) is 26.0 Å². The second-order valence-corrected chi connectivity index (χ2v) is 9.19. The Hall–Kier alpha value is -1.45. The van der Waals surface area contributed by atoms with E-state index in [2.05, 4.69) is 4.72 Å². The summed E-state index contributed by atoms with van der Waals surface area (Å²) in [6.45, 7) is 2.76. The maximum atomic E-state index is 12.2. The van der Waals surface area contributed by atoms with Gasteiger partial charge in [-0.15, -0.1) is 11.3 Å². The molecule has 1 unspecified atom stereocenters. The van der Waals surface area contributed by atoms with Gasteiger partial charge in [0.15, 0.2) is 6.61 Å². The fourth-order valence-corrected chi connectivity index (χ4v) is 4.11. The second-order valence-electron chi connectivity index (χ2n) is 6.19. The monoisotopic (exact) mass is 388 g/mol. The van der Waals surface area contributed by atoms with Crippen molar-refractivity contribution in [1.82, 2.24) is 9.62 Å². The predicted octanol–water partition coefficient (Wildman–Crippen LogP) is 1.40. The molecule has 0 spiro atoms. The van der Waals surface area contributed by atoms with Crippen LogP contribution in [0, 0.1) is 0 Å². The van der Waals surface area contributed by atoms with Crippen molar-refractivity contribution in [2.75, 3.05) is 26.0 Å². The lowest BCUT2D eigenvalue weighted by Gasteiger charge is -2.33. The molecule has 140 valence electrons. The van der Waals surface area contributed by atoms with E-state index in [-0.39, 0.29) is 25.1 Å². The molecule has 0 aliphatic carbocycles. The van der Waals surface area contributed by atoms with Gasteiger partial charge in [-0.2, -0.15) is 0 Å². The van der Waals surface area contributed by atoms with E-state index in [1.54, 1.807) is 17.0 Å². The third kappa shape index (κ3) is 6.41. The number of rotatable bonds is 7. The Kier molecular flexibility index (Phi) is 6.97. The molecule has 1 aromatic heterocycles. The molecule has 25 heavy (non-hydrogen) atoms. The van der Waals surface area contributed by atoms with Crippen molar-refractivity contribution in [2.45, 2.75) is 38.6 Å². The molecule has 1 aliphatic rings. The summed E-state index contributed by atoms with van der Waals surface area (Å²) >= 11 is 1.25. The molecule has 1 amide bonds. The van der Waals surface area contributed by atoms with E-state index in [1.807, 2.05) is 6.92 Å². The molecule has 0 radical (unpaired) electrons. The number of carbonyl (C=O) groups is 2. The van der Waals surface area contributed by atoms with Crippen LogP contribution in [0.5, 0.6) is 0 Å². The fourth-order valence-electron chi connectivity index (χ4n) is 2.73. The van der Waals surface area contributed by atoms with Crippen molar-refractivity contribution in [1.29, 1.82) is 0 Å². The Labute approximate surface area is 152 Å². The molecule has 1 N–H and O–H groups in total. The molecule has 7 nitrogen and oxygen atoms in total. The van der Waals surface area contributed by atoms with Gasteiger partial charge < -0.3 is 9.64 Å². The zero-order valence-electron chi connectivity index (χ0n) is 14.5. The maximum absolute atomic E-state index is 12.2. The summed E-state index contributed by atoms with van der Waals surface area (Å²) in [5, 5.41) is 0. The summed E-state index contributed by atoms with van der Waals surface area (Å²) in [5.74, 6) is -0.681. The van der Waals surface area contributed by atoms with E-state index < -0.39 is 16.0 Å². The lowest BCUT2D eigenvalue weighted by atomic mass is 10.0. The minimum absolute atomic E-state index is 0.158. The zero-order chi connectivity index (χ0) is 18.4. The number of amides is 1. The van der Waals surface area contributed by atoms with Gasteiger partial charge in [0.2, 0.25) is 10.0 Å². The van der Waals surface area contributed by atoms with Crippen molar-refractivity contribution in [3.05, 3.63) is 21.9 Å². The summed E-state index contributed by atoms with van der Waals surface area (Å²) in [7, 11) is -3.22. The Morgan fingerprint density at radius 1 is 1.36 bits per heavy atom. The highest BCUT2D eigenvalue weighted by Gasteiger charge is 2.24. The first-order valence-electron chi connectivity index (χ1n) is 8.26. The summed E-state index contributed by atoms with van der Waals surface area (Å²) in [6.07, 6.45) is 4.69. The topological polar surface area (TPSA) is 92.8 Å². The minimum Gasteiger partial charge on any atom is -0.451 e. The van der Waals surface area contributed by atoms with Crippen LogP contribution >= 0.6 is 11.3 Å². The molecule has 2 rings (SSSR count). The number of hydrogen-bond acceptors (Lipinski definition) is 6. The first-order valence-corrected chi connectivity index (χ1v) is 11.0. The van der Waals surface area contributed by atoms with Gasteiger partial charge in [0.25, 0.3) is 5.91 Å². The summed E-state index contributed by atoms with van der Waals surface area (Å²) in [5.41, 5.74) is 0. The van der Waals surface area contributed by atoms with Gasteiger partial charge in [0, 0.05) is 24.0 Å². The Bertz CT molecular complexity index is 714. The summed E-state index contributed by atoms with van der Waals surface area (Å²) in [6, 6.07) is 3.59. The molecule has 1 atom stereocenters. The van der Waals surface area contributed by atoms with Gasteiger partial charge in [-0.1, -0.05) is 0 Å². The Morgan fingerprint density at radius 2 is 2.12 bits per heavy atom. The van der Waals surface area contributed by atoms with E-state index in [9.17, 15) is 18.0 Å². The summed E-state index contributed by atoms with van der Waals surface area (Å²) in [4.78, 5) is 27.3. The SMILES string of the molecule is CC1CCCCN1C(=O)COC(=O)c1ccc(CCNS(C)(=O)=O)s1. The standard InChI is InChI=1S/C16H24N2O5S2/c1-12-5-3-4-10-18(12)15(19)11-23-16(20)14-7-6-13(24-14)8-9-17-25(2,21)22/h6-7,12,17H,3-5,8-11H2,1-2H3. The van der Waals surface area contributed by atoms with E-state index >= 15 is 0 Å². The van der Waals surface area contributed by atoms with Crippen LogP contribution in [0.3, 0.4) is 0 Å². The van der Waals surface area contributed by atoms with E-state index in [0.29, 0.717) is 17.8 Å². The van der Waals surface area contributed by atoms with Gasteiger partial charge in [-0.3, -0.25) is 4.79 Å². The highest BCUT2D eigenvalue weighted by atomic mass is 32.2. The molecule has 1 fully saturated rings. The van der Waals surface area contributed by atoms with Crippen molar-refractivity contribution in [3.63, 3.8) is 0 Å². The molecule has 0 aromatic carbocycles. The van der Waals surface area contributed by atoms with Crippen LogP contribution in [0.2, 0.25) is 0 Å². The molecule has 2 heterocycles. The molecule has 0 bridgehead atoms. The molecule has 9 heteroatoms. The number of ether oxygens (including phenoxy) is 1. The third-order valence-corrected chi connectivity index (χ3v) is 5.90. The average molecular weight is 389 g/mol. The van der Waals surface area contributed by atoms with Crippen LogP contribution in [0.1, 0.15) is 40.7 Å². The number of esters is 1. The van der Waals surface area contributed by atoms with E-state index in [0.717, 1.165) is 30.4 Å². The molecule has 0 saturated carbocycles. The first kappa shape index (κ1) is 19.9. The van der Waals surface area contributed by atoms with Gasteiger partial charge in [-0.25, -0.2) is 17.9 Å². The van der Waals surface area contributed by atoms with Crippen molar-refractivity contribution in [3.8, 4) is 0 Å². The van der Waals surface area contributed by atoms with E-state index in [1.165, 1.54) is 11.3 Å². The molecule has 1 aromatic rings. The number of thiophene rings is 1. The third-order valence-electron chi connectivity index (χ3n) is 4.05. The number of carbonyl (C=O) groups excluding carboxylic acids is 2. The lowest BCUT2D eigenvalue weighted by Crippen LogP contribution is -2.44.